The summed E-state index contributed by atoms with van der Waals surface area (Å²) in [5.41, 5.74) is 1.86. The molecule has 138 valence electrons. The second-order valence-corrected chi connectivity index (χ2v) is 7.12. The zero-order valence-corrected chi connectivity index (χ0v) is 15.6. The van der Waals surface area contributed by atoms with Gasteiger partial charge in [0.1, 0.15) is 0 Å². The number of carbonyl (C=O) groups excluding carboxylic acids is 1. The highest BCUT2D eigenvalue weighted by atomic mass is 16.2. The number of anilines is 1. The molecule has 1 aliphatic heterocycles. The van der Waals surface area contributed by atoms with Gasteiger partial charge in [0, 0.05) is 51.7 Å². The van der Waals surface area contributed by atoms with Crippen molar-refractivity contribution in [1.82, 2.24) is 19.8 Å². The maximum absolute atomic E-state index is 12.6. The zero-order chi connectivity index (χ0) is 18.4. The van der Waals surface area contributed by atoms with Crippen molar-refractivity contribution in [2.75, 3.05) is 38.0 Å². The molecule has 1 fully saturated rings. The molecule has 6 heteroatoms. The maximum Gasteiger partial charge on any atom is 0.257 e. The third kappa shape index (κ3) is 5.02. The molecule has 0 bridgehead atoms. The molecule has 1 N–H and O–H groups in total. The molecule has 0 atom stereocenters. The van der Waals surface area contributed by atoms with E-state index in [1.165, 1.54) is 5.56 Å². The van der Waals surface area contributed by atoms with E-state index in [1.807, 2.05) is 11.0 Å². The average Bonchev–Trinajstić information content (AvgIpc) is 2.68. The van der Waals surface area contributed by atoms with Crippen LogP contribution >= 0.6 is 0 Å². The van der Waals surface area contributed by atoms with Gasteiger partial charge in [-0.1, -0.05) is 44.2 Å². The van der Waals surface area contributed by atoms with Crippen molar-refractivity contribution in [1.29, 1.82) is 0 Å². The quantitative estimate of drug-likeness (QED) is 0.865. The first-order valence-electron chi connectivity index (χ1n) is 9.23. The van der Waals surface area contributed by atoms with Gasteiger partial charge in [0.2, 0.25) is 5.95 Å². The number of hydrogen-bond donors (Lipinski definition) is 1. The second kappa shape index (κ2) is 8.76. The van der Waals surface area contributed by atoms with Crippen molar-refractivity contribution < 1.29 is 4.79 Å². The summed E-state index contributed by atoms with van der Waals surface area (Å²) in [4.78, 5) is 25.4. The van der Waals surface area contributed by atoms with Gasteiger partial charge in [-0.05, 0) is 11.5 Å². The number of amides is 1. The zero-order valence-electron chi connectivity index (χ0n) is 15.6. The summed E-state index contributed by atoms with van der Waals surface area (Å²) in [6.07, 6.45) is 3.24. The predicted octanol–water partition coefficient (Wildman–Crippen LogP) is 2.50. The molecule has 0 aliphatic carbocycles. The highest BCUT2D eigenvalue weighted by Crippen LogP contribution is 2.11. The van der Waals surface area contributed by atoms with E-state index < -0.39 is 0 Å². The van der Waals surface area contributed by atoms with Gasteiger partial charge < -0.3 is 10.2 Å². The molecule has 26 heavy (non-hydrogen) atoms. The average molecular weight is 353 g/mol. The number of nitrogens with one attached hydrogen (secondary N) is 1. The lowest BCUT2D eigenvalue weighted by atomic mass is 10.2. The number of carbonyl (C=O) groups is 1. The molecule has 2 heterocycles. The van der Waals surface area contributed by atoms with Crippen LogP contribution in [0.3, 0.4) is 0 Å². The Labute approximate surface area is 155 Å². The van der Waals surface area contributed by atoms with Crippen molar-refractivity contribution in [2.45, 2.75) is 20.4 Å². The Morgan fingerprint density at radius 3 is 2.35 bits per heavy atom. The van der Waals surface area contributed by atoms with Crippen LogP contribution in [-0.2, 0) is 6.54 Å². The van der Waals surface area contributed by atoms with Crippen molar-refractivity contribution >= 4 is 11.9 Å². The van der Waals surface area contributed by atoms with Crippen molar-refractivity contribution in [2.24, 2.45) is 5.92 Å². The number of aromatic nitrogens is 2. The third-order valence-electron chi connectivity index (χ3n) is 4.48. The van der Waals surface area contributed by atoms with E-state index >= 15 is 0 Å². The summed E-state index contributed by atoms with van der Waals surface area (Å²) in [5.74, 6) is 1.11. The van der Waals surface area contributed by atoms with E-state index in [2.05, 4.69) is 58.3 Å². The Balaban J connectivity index is 1.50. The molecule has 1 amide bonds. The summed E-state index contributed by atoms with van der Waals surface area (Å²) in [5, 5.41) is 3.16. The lowest BCUT2D eigenvalue weighted by molar-refractivity contribution is 0.0627. The van der Waals surface area contributed by atoms with E-state index in [1.54, 1.807) is 12.4 Å². The van der Waals surface area contributed by atoms with Gasteiger partial charge in [0.15, 0.2) is 0 Å². The van der Waals surface area contributed by atoms with Crippen LogP contribution in [0.4, 0.5) is 5.95 Å². The predicted molar refractivity (Wildman–Crippen MR) is 103 cm³/mol. The van der Waals surface area contributed by atoms with Crippen LogP contribution in [0.25, 0.3) is 0 Å². The van der Waals surface area contributed by atoms with E-state index in [9.17, 15) is 4.79 Å². The van der Waals surface area contributed by atoms with E-state index in [0.717, 1.165) is 39.3 Å². The number of benzene rings is 1. The normalized spacial score (nSPS) is 15.3. The fourth-order valence-corrected chi connectivity index (χ4v) is 2.96. The summed E-state index contributed by atoms with van der Waals surface area (Å²) in [6.45, 7) is 9.24. The van der Waals surface area contributed by atoms with Crippen molar-refractivity contribution in [3.63, 3.8) is 0 Å². The molecule has 6 nitrogen and oxygen atoms in total. The van der Waals surface area contributed by atoms with Crippen LogP contribution in [0.2, 0.25) is 0 Å². The summed E-state index contributed by atoms with van der Waals surface area (Å²) in [7, 11) is 0. The lowest BCUT2D eigenvalue weighted by Crippen LogP contribution is -2.48. The number of hydrogen-bond acceptors (Lipinski definition) is 5. The Bertz CT molecular complexity index is 694. The van der Waals surface area contributed by atoms with Crippen LogP contribution in [0.1, 0.15) is 29.8 Å². The molecular formula is C20H27N5O. The van der Waals surface area contributed by atoms with Crippen LogP contribution in [-0.4, -0.2) is 58.4 Å². The molecule has 0 saturated carbocycles. The summed E-state index contributed by atoms with van der Waals surface area (Å²) < 4.78 is 0. The number of nitrogens with zero attached hydrogens (tertiary/aromatic N) is 4. The first-order valence-corrected chi connectivity index (χ1v) is 9.23. The molecule has 1 aliphatic rings. The molecule has 2 aromatic rings. The molecule has 1 saturated heterocycles. The van der Waals surface area contributed by atoms with Gasteiger partial charge in [-0.15, -0.1) is 0 Å². The highest BCUT2D eigenvalue weighted by Gasteiger charge is 2.22. The Morgan fingerprint density at radius 1 is 1.08 bits per heavy atom. The number of rotatable bonds is 6. The largest absolute Gasteiger partial charge is 0.354 e. The first kappa shape index (κ1) is 18.3. The third-order valence-corrected chi connectivity index (χ3v) is 4.48. The minimum absolute atomic E-state index is 0.0137. The Hall–Kier alpha value is -2.47. The molecular weight excluding hydrogens is 326 g/mol. The molecule has 3 rings (SSSR count). The van der Waals surface area contributed by atoms with Crippen LogP contribution in [0.15, 0.2) is 42.7 Å². The van der Waals surface area contributed by atoms with Gasteiger partial charge >= 0.3 is 0 Å². The minimum atomic E-state index is 0.0137. The van der Waals surface area contributed by atoms with Crippen molar-refractivity contribution in [3.8, 4) is 0 Å². The van der Waals surface area contributed by atoms with Crippen molar-refractivity contribution in [3.05, 3.63) is 53.9 Å². The Kier molecular flexibility index (Phi) is 6.17. The van der Waals surface area contributed by atoms with Crippen LogP contribution in [0.5, 0.6) is 0 Å². The fourth-order valence-electron chi connectivity index (χ4n) is 2.96. The van der Waals surface area contributed by atoms with E-state index in [-0.39, 0.29) is 5.91 Å². The van der Waals surface area contributed by atoms with Gasteiger partial charge in [-0.25, -0.2) is 9.97 Å². The van der Waals surface area contributed by atoms with E-state index in [4.69, 9.17) is 0 Å². The van der Waals surface area contributed by atoms with Gasteiger partial charge in [-0.3, -0.25) is 9.69 Å². The maximum atomic E-state index is 12.6. The second-order valence-electron chi connectivity index (χ2n) is 7.12. The minimum Gasteiger partial charge on any atom is -0.354 e. The smallest absolute Gasteiger partial charge is 0.257 e. The van der Waals surface area contributed by atoms with Crippen LogP contribution in [0, 0.1) is 5.92 Å². The lowest BCUT2D eigenvalue weighted by Gasteiger charge is -2.34. The number of piperazine rings is 1. The molecule has 0 unspecified atom stereocenters. The fraction of sp³-hybridized carbons (Fsp3) is 0.450. The first-order chi connectivity index (χ1) is 12.6. The topological polar surface area (TPSA) is 61.4 Å². The van der Waals surface area contributed by atoms with Gasteiger partial charge in [0.05, 0.1) is 5.56 Å². The molecule has 1 aromatic heterocycles. The standard InChI is InChI=1S/C20H27N5O/c1-16(2)12-21-20-22-13-18(14-23-20)19(26)25-10-8-24(9-11-25)15-17-6-4-3-5-7-17/h3-7,13-14,16H,8-12,15H2,1-2H3,(H,21,22,23). The van der Waals surface area contributed by atoms with Gasteiger partial charge in [-0.2, -0.15) is 0 Å². The molecule has 0 spiro atoms. The Morgan fingerprint density at radius 2 is 1.73 bits per heavy atom. The van der Waals surface area contributed by atoms with E-state index in [0.29, 0.717) is 17.4 Å². The monoisotopic (exact) mass is 353 g/mol. The summed E-state index contributed by atoms with van der Waals surface area (Å²) in [6, 6.07) is 10.4. The molecule has 0 radical (unpaired) electrons. The highest BCUT2D eigenvalue weighted by molar-refractivity contribution is 5.93. The van der Waals surface area contributed by atoms with Crippen LogP contribution < -0.4 is 5.32 Å². The van der Waals surface area contributed by atoms with Gasteiger partial charge in [0.25, 0.3) is 5.91 Å². The SMILES string of the molecule is CC(C)CNc1ncc(C(=O)N2CCN(Cc3ccccc3)CC2)cn1. The molecule has 1 aromatic carbocycles. The summed E-state index contributed by atoms with van der Waals surface area (Å²) >= 11 is 0.